The quantitative estimate of drug-likeness (QED) is 0.761. The number of rotatable bonds is 5. The molecule has 2 heterocycles. The maximum absolute atomic E-state index is 12.6. The zero-order valence-electron chi connectivity index (χ0n) is 16.4. The number of aromatic nitrogens is 1. The molecule has 4 rings (SSSR count). The molecule has 1 aromatic carbocycles. The monoisotopic (exact) mass is 421 g/mol. The van der Waals surface area contributed by atoms with Crippen molar-refractivity contribution in [1.29, 1.82) is 0 Å². The van der Waals surface area contributed by atoms with Crippen LogP contribution in [-0.2, 0) is 14.8 Å². The van der Waals surface area contributed by atoms with Crippen LogP contribution in [0.4, 0.5) is 5.69 Å². The van der Waals surface area contributed by atoms with Gasteiger partial charge >= 0.3 is 0 Å². The average Bonchev–Trinajstić information content (AvgIpc) is 3.33. The van der Waals surface area contributed by atoms with Gasteiger partial charge in [0, 0.05) is 24.6 Å². The molecular weight excluding hydrogens is 398 g/mol. The molecule has 1 atom stereocenters. The molecule has 1 amide bonds. The van der Waals surface area contributed by atoms with Gasteiger partial charge in [0.25, 0.3) is 5.79 Å². The van der Waals surface area contributed by atoms with E-state index in [4.69, 9.17) is 14.0 Å². The smallest absolute Gasteiger partial charge is 0.251 e. The van der Waals surface area contributed by atoms with Crippen molar-refractivity contribution in [1.82, 2.24) is 9.88 Å². The predicted octanol–water partition coefficient (Wildman–Crippen LogP) is 2.64. The van der Waals surface area contributed by atoms with E-state index < -0.39 is 27.8 Å². The fourth-order valence-electron chi connectivity index (χ4n) is 3.74. The average molecular weight is 421 g/mol. The third kappa shape index (κ3) is 3.69. The first-order chi connectivity index (χ1) is 13.7. The van der Waals surface area contributed by atoms with Gasteiger partial charge in [0.15, 0.2) is 17.3 Å². The summed E-state index contributed by atoms with van der Waals surface area (Å²) in [5, 5.41) is 6.35. The zero-order chi connectivity index (χ0) is 20.8. The zero-order valence-corrected chi connectivity index (χ0v) is 17.3. The fraction of sp³-hybridized carbons (Fsp3) is 0.474. The minimum absolute atomic E-state index is 0.0536. The number of fused-ring (bicyclic) bond motifs is 1. The molecule has 1 saturated carbocycles. The number of aryl methyl sites for hydroxylation is 2. The van der Waals surface area contributed by atoms with Gasteiger partial charge in [-0.05, 0) is 45.7 Å². The summed E-state index contributed by atoms with van der Waals surface area (Å²) in [5.74, 6) is 0.308. The normalized spacial score (nSPS) is 18.2. The highest BCUT2D eigenvalue weighted by atomic mass is 32.2. The number of sulfonamides is 1. The van der Waals surface area contributed by atoms with Crippen molar-refractivity contribution in [2.75, 3.05) is 5.32 Å². The van der Waals surface area contributed by atoms with Gasteiger partial charge in [0.1, 0.15) is 10.6 Å². The topological polar surface area (TPSA) is 120 Å². The Hall–Kier alpha value is -2.59. The van der Waals surface area contributed by atoms with Crippen molar-refractivity contribution in [3.63, 3.8) is 0 Å². The van der Waals surface area contributed by atoms with E-state index in [1.807, 2.05) is 0 Å². The highest BCUT2D eigenvalue weighted by Crippen LogP contribution is 2.47. The van der Waals surface area contributed by atoms with Crippen LogP contribution in [-0.4, -0.2) is 31.3 Å². The first-order valence-electron chi connectivity index (χ1n) is 9.47. The summed E-state index contributed by atoms with van der Waals surface area (Å²) in [6.45, 7) is 4.49. The molecule has 2 aromatic rings. The van der Waals surface area contributed by atoms with Gasteiger partial charge in [-0.25, -0.2) is 8.42 Å². The molecule has 29 heavy (non-hydrogen) atoms. The largest absolute Gasteiger partial charge is 0.448 e. The Labute approximate surface area is 168 Å². The van der Waals surface area contributed by atoms with Crippen LogP contribution in [0.1, 0.15) is 44.1 Å². The fourth-order valence-corrected chi connectivity index (χ4v) is 5.28. The van der Waals surface area contributed by atoms with E-state index in [0.717, 1.165) is 25.7 Å². The lowest BCUT2D eigenvalue weighted by Gasteiger charge is -2.21. The Balaban J connectivity index is 1.44. The molecule has 1 aliphatic heterocycles. The molecule has 10 heteroatoms. The van der Waals surface area contributed by atoms with E-state index in [9.17, 15) is 13.2 Å². The van der Waals surface area contributed by atoms with Crippen LogP contribution in [0.15, 0.2) is 27.6 Å². The Bertz CT molecular complexity index is 1040. The molecular formula is C19H23N3O6S. The van der Waals surface area contributed by atoms with Crippen molar-refractivity contribution in [3.8, 4) is 11.5 Å². The number of hydrogen-bond acceptors (Lipinski definition) is 7. The molecule has 1 spiro atoms. The molecule has 156 valence electrons. The molecule has 9 nitrogen and oxygen atoms in total. The summed E-state index contributed by atoms with van der Waals surface area (Å²) in [7, 11) is -3.95. The van der Waals surface area contributed by atoms with Gasteiger partial charge in [-0.15, -0.1) is 0 Å². The Morgan fingerprint density at radius 3 is 2.52 bits per heavy atom. The van der Waals surface area contributed by atoms with Gasteiger partial charge in [-0.2, -0.15) is 4.72 Å². The first-order valence-corrected chi connectivity index (χ1v) is 11.0. The number of amides is 1. The molecule has 2 aliphatic rings. The molecule has 1 fully saturated rings. The number of ether oxygens (including phenoxy) is 2. The summed E-state index contributed by atoms with van der Waals surface area (Å²) in [6.07, 6.45) is 3.79. The van der Waals surface area contributed by atoms with E-state index >= 15 is 0 Å². The third-order valence-electron chi connectivity index (χ3n) is 5.13. The van der Waals surface area contributed by atoms with E-state index in [1.54, 1.807) is 18.2 Å². The number of carbonyl (C=O) groups is 1. The van der Waals surface area contributed by atoms with Gasteiger partial charge in [0.05, 0.1) is 6.04 Å². The van der Waals surface area contributed by atoms with E-state index in [0.29, 0.717) is 17.2 Å². The van der Waals surface area contributed by atoms with Gasteiger partial charge in [-0.3, -0.25) is 4.79 Å². The standard InChI is InChI=1S/C19H23N3O6S/c1-11-17(13(3)28-21-11)29(24,25)22-12(2)18(23)20-14-6-7-15-16(10-14)27-19(26-15)8-4-5-9-19/h6-7,10,12,22H,4-5,8-9H2,1-3H3,(H,20,23). The number of nitrogens with one attached hydrogen (secondary N) is 2. The van der Waals surface area contributed by atoms with E-state index in [-0.39, 0.29) is 16.3 Å². The number of nitrogens with zero attached hydrogens (tertiary/aromatic N) is 1. The van der Waals surface area contributed by atoms with Crippen molar-refractivity contribution < 1.29 is 27.2 Å². The second-order valence-corrected chi connectivity index (χ2v) is 9.12. The van der Waals surface area contributed by atoms with Gasteiger partial charge < -0.3 is 19.3 Å². The Morgan fingerprint density at radius 1 is 1.17 bits per heavy atom. The molecule has 1 aromatic heterocycles. The Morgan fingerprint density at radius 2 is 1.86 bits per heavy atom. The van der Waals surface area contributed by atoms with Crippen LogP contribution in [0, 0.1) is 13.8 Å². The summed E-state index contributed by atoms with van der Waals surface area (Å²) in [6, 6.07) is 4.12. The number of carbonyl (C=O) groups excluding carboxylic acids is 1. The van der Waals surface area contributed by atoms with Crippen LogP contribution >= 0.6 is 0 Å². The molecule has 1 aliphatic carbocycles. The summed E-state index contributed by atoms with van der Waals surface area (Å²) < 4.78 is 44.3. The minimum atomic E-state index is -3.95. The predicted molar refractivity (Wildman–Crippen MR) is 103 cm³/mol. The molecule has 0 saturated heterocycles. The highest BCUT2D eigenvalue weighted by Gasteiger charge is 2.44. The van der Waals surface area contributed by atoms with Crippen molar-refractivity contribution in [3.05, 3.63) is 29.7 Å². The number of anilines is 1. The van der Waals surface area contributed by atoms with Crippen LogP contribution in [0.5, 0.6) is 11.5 Å². The van der Waals surface area contributed by atoms with Crippen molar-refractivity contribution in [2.45, 2.75) is 63.2 Å². The molecule has 0 radical (unpaired) electrons. The van der Waals surface area contributed by atoms with Crippen molar-refractivity contribution >= 4 is 21.6 Å². The summed E-state index contributed by atoms with van der Waals surface area (Å²) >= 11 is 0. The maximum Gasteiger partial charge on any atom is 0.251 e. The molecule has 0 bridgehead atoms. The van der Waals surface area contributed by atoms with Gasteiger partial charge in [0.2, 0.25) is 15.9 Å². The molecule has 2 N–H and O–H groups in total. The number of benzene rings is 1. The lowest BCUT2D eigenvalue weighted by Crippen LogP contribution is -2.41. The van der Waals surface area contributed by atoms with Crippen LogP contribution in [0.2, 0.25) is 0 Å². The Kier molecular flexibility index (Phi) is 4.78. The minimum Gasteiger partial charge on any atom is -0.448 e. The van der Waals surface area contributed by atoms with Crippen LogP contribution in [0.3, 0.4) is 0 Å². The van der Waals surface area contributed by atoms with E-state index in [2.05, 4.69) is 15.2 Å². The molecule has 1 unspecified atom stereocenters. The SMILES string of the molecule is Cc1noc(C)c1S(=O)(=O)NC(C)C(=O)Nc1ccc2c(c1)OC1(CCCC1)O2. The number of hydrogen-bond donors (Lipinski definition) is 2. The summed E-state index contributed by atoms with van der Waals surface area (Å²) in [4.78, 5) is 12.5. The summed E-state index contributed by atoms with van der Waals surface area (Å²) in [5.41, 5.74) is 0.731. The lowest BCUT2D eigenvalue weighted by atomic mass is 10.2. The van der Waals surface area contributed by atoms with Crippen LogP contribution < -0.4 is 19.5 Å². The third-order valence-corrected chi connectivity index (χ3v) is 6.91. The second-order valence-electron chi connectivity index (χ2n) is 7.47. The lowest BCUT2D eigenvalue weighted by molar-refractivity contribution is -0.117. The highest BCUT2D eigenvalue weighted by molar-refractivity contribution is 7.89. The second kappa shape index (κ2) is 7.03. The first kappa shape index (κ1) is 19.7. The van der Waals surface area contributed by atoms with E-state index in [1.165, 1.54) is 20.8 Å². The maximum atomic E-state index is 12.6. The van der Waals surface area contributed by atoms with Crippen molar-refractivity contribution in [2.24, 2.45) is 0 Å². The van der Waals surface area contributed by atoms with Crippen LogP contribution in [0.25, 0.3) is 0 Å². The van der Waals surface area contributed by atoms with Gasteiger partial charge in [-0.1, -0.05) is 5.16 Å².